The van der Waals surface area contributed by atoms with Crippen molar-refractivity contribution in [2.24, 2.45) is 5.16 Å². The van der Waals surface area contributed by atoms with Crippen molar-refractivity contribution in [3.8, 4) is 0 Å². The predicted molar refractivity (Wildman–Crippen MR) is 261 cm³/mol. The maximum Gasteiger partial charge on any atom is 0.376 e. The Morgan fingerprint density at radius 2 is 1.33 bits per heavy atom. The SMILES string of the molecule is C=C(O/N=C(\C(=O)N[C@@H]1C(=O)N2C(C(=O)OC(c3ccccc3)c3ccccc3)=C(CCl)CS[C@H]12)c1csc(NC(c2ccccc2)(c2ccccc2)c2ccccc2)n1)C(=O)OC(C)(C)C. The lowest BCUT2D eigenvalue weighted by molar-refractivity contribution is -0.154. The summed E-state index contributed by atoms with van der Waals surface area (Å²) in [5.41, 5.74) is 2.72. The van der Waals surface area contributed by atoms with Crippen molar-refractivity contribution < 1.29 is 33.5 Å². The normalized spacial score (nSPS) is 16.1. The molecule has 0 spiro atoms. The Morgan fingerprint density at radius 1 is 0.821 bits per heavy atom. The molecule has 2 amide bonds. The molecule has 1 fully saturated rings. The second kappa shape index (κ2) is 20.3. The number of oxime groups is 1. The topological polar surface area (TPSA) is 149 Å². The molecule has 2 N–H and O–H groups in total. The molecule has 15 heteroatoms. The molecule has 0 saturated carbocycles. The van der Waals surface area contributed by atoms with Crippen LogP contribution in [0.5, 0.6) is 0 Å². The van der Waals surface area contributed by atoms with E-state index in [0.29, 0.717) is 16.5 Å². The van der Waals surface area contributed by atoms with Crippen LogP contribution in [0.2, 0.25) is 0 Å². The number of β-lactam (4-membered cyclic amide) rings is 1. The van der Waals surface area contributed by atoms with Gasteiger partial charge in [-0.3, -0.25) is 14.5 Å². The van der Waals surface area contributed by atoms with Crippen molar-refractivity contribution in [1.82, 2.24) is 15.2 Å². The van der Waals surface area contributed by atoms with Crippen LogP contribution in [-0.4, -0.2) is 68.0 Å². The summed E-state index contributed by atoms with van der Waals surface area (Å²) in [5.74, 6) is -3.23. The highest BCUT2D eigenvalue weighted by Gasteiger charge is 2.55. The van der Waals surface area contributed by atoms with E-state index in [4.69, 9.17) is 30.9 Å². The van der Waals surface area contributed by atoms with Gasteiger partial charge in [0.25, 0.3) is 11.8 Å². The number of thiazole rings is 1. The first-order valence-electron chi connectivity index (χ1n) is 21.3. The van der Waals surface area contributed by atoms with Crippen molar-refractivity contribution >= 4 is 69.3 Å². The fourth-order valence-corrected chi connectivity index (χ4v) is 10.2. The molecule has 8 rings (SSSR count). The number of benzene rings is 5. The average Bonchev–Trinajstić information content (AvgIpc) is 3.82. The lowest BCUT2D eigenvalue weighted by Crippen LogP contribution is -2.71. The minimum absolute atomic E-state index is 0.0255. The van der Waals surface area contributed by atoms with Gasteiger partial charge in [-0.1, -0.05) is 157 Å². The maximum absolute atomic E-state index is 14.5. The van der Waals surface area contributed by atoms with Crippen LogP contribution in [0.3, 0.4) is 0 Å². The van der Waals surface area contributed by atoms with E-state index in [2.05, 4.69) is 22.4 Å². The van der Waals surface area contributed by atoms with Gasteiger partial charge in [-0.05, 0) is 60.7 Å². The van der Waals surface area contributed by atoms with Gasteiger partial charge in [-0.25, -0.2) is 14.6 Å². The zero-order valence-electron chi connectivity index (χ0n) is 36.8. The molecule has 3 heterocycles. The minimum atomic E-state index is -1.10. The summed E-state index contributed by atoms with van der Waals surface area (Å²) in [6.07, 6.45) is -0.774. The number of ether oxygens (including phenoxy) is 2. The van der Waals surface area contributed by atoms with Crippen LogP contribution in [0, 0.1) is 0 Å². The first-order valence-corrected chi connectivity index (χ1v) is 23.8. The summed E-state index contributed by atoms with van der Waals surface area (Å²) in [6, 6.07) is 47.3. The van der Waals surface area contributed by atoms with E-state index in [1.165, 1.54) is 28.0 Å². The number of anilines is 1. The maximum atomic E-state index is 14.5. The number of carbonyl (C=O) groups is 4. The number of rotatable bonds is 16. The molecule has 340 valence electrons. The van der Waals surface area contributed by atoms with Gasteiger partial charge in [0.05, 0.1) is 0 Å². The Labute approximate surface area is 401 Å². The highest BCUT2D eigenvalue weighted by Crippen LogP contribution is 2.43. The Balaban J connectivity index is 1.09. The third-order valence-electron chi connectivity index (χ3n) is 10.9. The first kappa shape index (κ1) is 46.5. The van der Waals surface area contributed by atoms with Crippen molar-refractivity contribution in [2.45, 2.75) is 49.4 Å². The number of fused-ring (bicyclic) bond motifs is 1. The van der Waals surface area contributed by atoms with E-state index >= 15 is 0 Å². The number of nitrogens with zero attached hydrogens (tertiary/aromatic N) is 3. The molecule has 0 unspecified atom stereocenters. The van der Waals surface area contributed by atoms with Gasteiger partial charge in [0, 0.05) is 17.0 Å². The number of halogens is 1. The van der Waals surface area contributed by atoms with Gasteiger partial charge in [0.15, 0.2) is 16.9 Å². The molecule has 1 aromatic heterocycles. The molecular weight excluding hydrogens is 906 g/mol. The average molecular weight is 953 g/mol. The molecule has 0 bridgehead atoms. The van der Waals surface area contributed by atoms with E-state index in [0.717, 1.165) is 27.8 Å². The number of esters is 2. The third kappa shape index (κ3) is 10.1. The monoisotopic (exact) mass is 951 g/mol. The highest BCUT2D eigenvalue weighted by molar-refractivity contribution is 8.00. The molecule has 2 aliphatic heterocycles. The number of nitrogens with one attached hydrogen (secondary N) is 2. The Morgan fingerprint density at radius 3 is 1.82 bits per heavy atom. The number of amides is 2. The highest BCUT2D eigenvalue weighted by atomic mass is 35.5. The molecule has 0 aliphatic carbocycles. The fourth-order valence-electron chi connectivity index (χ4n) is 7.79. The molecule has 2 atom stereocenters. The quantitative estimate of drug-likeness (QED) is 0.0141. The van der Waals surface area contributed by atoms with E-state index in [9.17, 15) is 19.2 Å². The van der Waals surface area contributed by atoms with Gasteiger partial charge < -0.3 is 24.9 Å². The number of hydrogen-bond donors (Lipinski definition) is 2. The molecular formula is C52H46ClN5O7S2. The summed E-state index contributed by atoms with van der Waals surface area (Å²) >= 11 is 8.96. The van der Waals surface area contributed by atoms with E-state index in [1.807, 2.05) is 152 Å². The smallest absolute Gasteiger partial charge is 0.376 e. The minimum Gasteiger partial charge on any atom is -0.454 e. The largest absolute Gasteiger partial charge is 0.454 e. The van der Waals surface area contributed by atoms with Crippen LogP contribution in [0.1, 0.15) is 60.4 Å². The Bertz CT molecular complexity index is 2680. The van der Waals surface area contributed by atoms with Crippen LogP contribution < -0.4 is 10.6 Å². The second-order valence-electron chi connectivity index (χ2n) is 16.5. The number of carbonyl (C=O) groups excluding carboxylic acids is 4. The van der Waals surface area contributed by atoms with Crippen molar-refractivity contribution in [1.29, 1.82) is 0 Å². The summed E-state index contributed by atoms with van der Waals surface area (Å²) in [4.78, 5) is 67.5. The molecule has 5 aromatic carbocycles. The lowest BCUT2D eigenvalue weighted by Gasteiger charge is -2.49. The molecule has 0 radical (unpaired) electrons. The van der Waals surface area contributed by atoms with Gasteiger partial charge in [-0.15, -0.1) is 34.7 Å². The van der Waals surface area contributed by atoms with E-state index in [-0.39, 0.29) is 23.0 Å². The zero-order chi connectivity index (χ0) is 47.1. The summed E-state index contributed by atoms with van der Waals surface area (Å²) in [5, 5.41) is 12.0. The Kier molecular flexibility index (Phi) is 14.1. The molecule has 12 nitrogen and oxygen atoms in total. The second-order valence-corrected chi connectivity index (χ2v) is 18.8. The molecule has 1 saturated heterocycles. The summed E-state index contributed by atoms with van der Waals surface area (Å²) in [6.45, 7) is 8.75. The molecule has 6 aromatic rings. The molecule has 2 aliphatic rings. The van der Waals surface area contributed by atoms with Crippen LogP contribution in [-0.2, 0) is 39.0 Å². The number of thioether (sulfide) groups is 1. The fraction of sp³-hybridized carbons (Fsp3) is 0.192. The van der Waals surface area contributed by atoms with Crippen molar-refractivity contribution in [3.63, 3.8) is 0 Å². The summed E-state index contributed by atoms with van der Waals surface area (Å²) in [7, 11) is 0. The van der Waals surface area contributed by atoms with Gasteiger partial charge in [0.2, 0.25) is 5.76 Å². The number of hydrogen-bond acceptors (Lipinski definition) is 12. The van der Waals surface area contributed by atoms with Crippen LogP contribution >= 0.6 is 34.7 Å². The Hall–Kier alpha value is -7.00. The van der Waals surface area contributed by atoms with Crippen LogP contribution in [0.25, 0.3) is 0 Å². The summed E-state index contributed by atoms with van der Waals surface area (Å²) < 4.78 is 11.6. The van der Waals surface area contributed by atoms with Gasteiger partial charge in [-0.2, -0.15) is 0 Å². The van der Waals surface area contributed by atoms with E-state index < -0.39 is 58.2 Å². The zero-order valence-corrected chi connectivity index (χ0v) is 39.1. The van der Waals surface area contributed by atoms with Crippen LogP contribution in [0.15, 0.2) is 186 Å². The molecule has 67 heavy (non-hydrogen) atoms. The van der Waals surface area contributed by atoms with Gasteiger partial charge in [0.1, 0.15) is 33.9 Å². The van der Waals surface area contributed by atoms with Gasteiger partial charge >= 0.3 is 11.9 Å². The predicted octanol–water partition coefficient (Wildman–Crippen LogP) is 9.35. The van der Waals surface area contributed by atoms with Crippen molar-refractivity contribution in [3.05, 3.63) is 214 Å². The number of alkyl halides is 1. The first-order chi connectivity index (χ1) is 32.4. The number of aromatic nitrogens is 1. The standard InChI is InChI=1S/C52H46ClN5O7S2/c1-33(48(61)64-51(2,3)4)65-57-41(40-32-67-50(54-40)56-52(37-24-14-7-15-25-37,38-26-16-8-17-27-38)39-28-18-9-19-29-39)45(59)55-42-46(60)58-43(36(30-53)31-66-47(42)58)49(62)63-44(34-20-10-5-11-21-34)35-22-12-6-13-23-35/h5-29,32,42,44,47H,1,30-31H2,2-4H3,(H,54,56)(H,55,59)/b57-41-/t42-,47-/m1/s1. The lowest BCUT2D eigenvalue weighted by atomic mass is 9.77. The third-order valence-corrected chi connectivity index (χ3v) is 13.3. The van der Waals surface area contributed by atoms with Crippen molar-refractivity contribution in [2.75, 3.05) is 16.9 Å². The van der Waals surface area contributed by atoms with E-state index in [1.54, 1.807) is 26.2 Å². The van der Waals surface area contributed by atoms with Crippen LogP contribution in [0.4, 0.5) is 5.13 Å².